The molecule has 0 saturated carbocycles. The Labute approximate surface area is 299 Å². The van der Waals surface area contributed by atoms with Crippen molar-refractivity contribution in [1.82, 2.24) is 4.90 Å². The van der Waals surface area contributed by atoms with Gasteiger partial charge in [-0.25, -0.2) is 0 Å². The van der Waals surface area contributed by atoms with Crippen LogP contribution in [0, 0.1) is 11.3 Å². The first-order valence-corrected chi connectivity index (χ1v) is 20.9. The highest BCUT2D eigenvalue weighted by Crippen LogP contribution is 2.25. The van der Waals surface area contributed by atoms with E-state index in [1.165, 1.54) is 103 Å². The first-order valence-electron chi connectivity index (χ1n) is 20.9. The molecule has 48 heavy (non-hydrogen) atoms. The molecule has 286 valence electrons. The molecule has 0 rings (SSSR count). The van der Waals surface area contributed by atoms with Gasteiger partial charge in [0.05, 0.1) is 13.2 Å². The molecule has 0 unspecified atom stereocenters. The molecule has 0 atom stereocenters. The van der Waals surface area contributed by atoms with E-state index >= 15 is 0 Å². The number of aliphatic hydroxyl groups is 1. The Bertz CT molecular complexity index is 708. The molecular formula is C42H83NO5. The first-order chi connectivity index (χ1) is 23.3. The van der Waals surface area contributed by atoms with E-state index in [2.05, 4.69) is 39.5 Å². The van der Waals surface area contributed by atoms with Crippen molar-refractivity contribution >= 4 is 11.9 Å². The number of hydrogen-bond acceptors (Lipinski definition) is 6. The third-order valence-electron chi connectivity index (χ3n) is 10.1. The smallest absolute Gasteiger partial charge is 0.305 e. The van der Waals surface area contributed by atoms with Crippen LogP contribution in [0.1, 0.15) is 208 Å². The summed E-state index contributed by atoms with van der Waals surface area (Å²) in [5.41, 5.74) is 0.0239. The number of nitrogens with zero attached hydrogens (tertiary/aromatic N) is 1. The minimum Gasteiger partial charge on any atom is -0.466 e. The Kier molecular flexibility index (Phi) is 33.5. The summed E-state index contributed by atoms with van der Waals surface area (Å²) in [6.45, 7) is 15.9. The molecule has 0 bridgehead atoms. The quantitative estimate of drug-likeness (QED) is 0.0519. The van der Waals surface area contributed by atoms with Gasteiger partial charge in [-0.1, -0.05) is 144 Å². The topological polar surface area (TPSA) is 76.1 Å². The van der Waals surface area contributed by atoms with Crippen molar-refractivity contribution in [3.05, 3.63) is 0 Å². The maximum absolute atomic E-state index is 12.3. The van der Waals surface area contributed by atoms with Gasteiger partial charge in [0.2, 0.25) is 0 Å². The van der Waals surface area contributed by atoms with Gasteiger partial charge in [-0.15, -0.1) is 0 Å². The average Bonchev–Trinajstić information content (AvgIpc) is 3.07. The fourth-order valence-electron chi connectivity index (χ4n) is 6.52. The summed E-state index contributed by atoms with van der Waals surface area (Å²) >= 11 is 0. The second kappa shape index (κ2) is 34.3. The Hall–Kier alpha value is -1.14. The monoisotopic (exact) mass is 682 g/mol. The SMILES string of the molecule is CCCCCCCCCOC(=O)CCCCCCCN(CCCCO)CCCCCC(C)(C)COC(=O)CCCCCCC(CC)CC. The summed E-state index contributed by atoms with van der Waals surface area (Å²) in [5.74, 6) is 0.816. The number of carbonyl (C=O) groups excluding carboxylic acids is 2. The molecule has 0 aliphatic heterocycles. The first kappa shape index (κ1) is 46.9. The van der Waals surface area contributed by atoms with Crippen LogP contribution in [0.15, 0.2) is 0 Å². The van der Waals surface area contributed by atoms with Crippen LogP contribution < -0.4 is 0 Å². The number of unbranched alkanes of at least 4 members (excludes halogenated alkanes) is 16. The van der Waals surface area contributed by atoms with E-state index in [0.717, 1.165) is 83.3 Å². The zero-order chi connectivity index (χ0) is 35.6. The molecule has 0 radical (unpaired) electrons. The van der Waals surface area contributed by atoms with Crippen molar-refractivity contribution in [2.75, 3.05) is 39.5 Å². The summed E-state index contributed by atoms with van der Waals surface area (Å²) < 4.78 is 11.1. The molecule has 0 spiro atoms. The van der Waals surface area contributed by atoms with Gasteiger partial charge < -0.3 is 19.5 Å². The van der Waals surface area contributed by atoms with E-state index < -0.39 is 0 Å². The van der Waals surface area contributed by atoms with Crippen LogP contribution in [-0.4, -0.2) is 61.4 Å². The Morgan fingerprint density at radius 1 is 0.583 bits per heavy atom. The van der Waals surface area contributed by atoms with E-state index in [1.807, 2.05) is 0 Å². The van der Waals surface area contributed by atoms with Crippen molar-refractivity contribution in [3.63, 3.8) is 0 Å². The number of rotatable bonds is 37. The van der Waals surface area contributed by atoms with Crippen molar-refractivity contribution in [2.45, 2.75) is 208 Å². The van der Waals surface area contributed by atoms with Crippen LogP contribution >= 0.6 is 0 Å². The Morgan fingerprint density at radius 2 is 1.06 bits per heavy atom. The molecule has 0 aromatic heterocycles. The number of hydrogen-bond donors (Lipinski definition) is 1. The third-order valence-corrected chi connectivity index (χ3v) is 10.1. The normalized spacial score (nSPS) is 11.9. The zero-order valence-corrected chi connectivity index (χ0v) is 32.9. The van der Waals surface area contributed by atoms with Crippen molar-refractivity contribution in [2.24, 2.45) is 11.3 Å². The van der Waals surface area contributed by atoms with Gasteiger partial charge in [-0.3, -0.25) is 9.59 Å². The summed E-state index contributed by atoms with van der Waals surface area (Å²) in [7, 11) is 0. The molecule has 0 fully saturated rings. The van der Waals surface area contributed by atoms with Gasteiger partial charge in [0.25, 0.3) is 0 Å². The maximum atomic E-state index is 12.3. The second-order valence-corrected chi connectivity index (χ2v) is 15.4. The molecule has 0 aromatic carbocycles. The van der Waals surface area contributed by atoms with E-state index in [-0.39, 0.29) is 24.0 Å². The number of ether oxygens (including phenoxy) is 2. The summed E-state index contributed by atoms with van der Waals surface area (Å²) in [5, 5.41) is 9.25. The van der Waals surface area contributed by atoms with Gasteiger partial charge in [0, 0.05) is 19.4 Å². The van der Waals surface area contributed by atoms with Crippen molar-refractivity contribution in [3.8, 4) is 0 Å². The van der Waals surface area contributed by atoms with Crippen LogP contribution in [0.4, 0.5) is 0 Å². The second-order valence-electron chi connectivity index (χ2n) is 15.4. The third kappa shape index (κ3) is 32.1. The molecule has 0 heterocycles. The standard InChI is InChI=1S/C42H83NO5/c1-6-9-10-11-12-18-28-37-47-40(45)30-21-14-13-17-24-33-43(35-26-27-36-44)34-25-19-23-32-42(4,5)38-48-41(46)31-22-16-15-20-29-39(7-2)8-3/h39,44H,6-38H2,1-5H3. The van der Waals surface area contributed by atoms with Crippen LogP contribution in [0.3, 0.4) is 0 Å². The summed E-state index contributed by atoms with van der Waals surface area (Å²) in [4.78, 5) is 26.9. The number of aliphatic hydroxyl groups excluding tert-OH is 1. The maximum Gasteiger partial charge on any atom is 0.305 e. The molecule has 0 amide bonds. The summed E-state index contributed by atoms with van der Waals surface area (Å²) in [6, 6.07) is 0. The van der Waals surface area contributed by atoms with E-state index in [9.17, 15) is 14.7 Å². The van der Waals surface area contributed by atoms with Gasteiger partial charge in [-0.05, 0) is 82.3 Å². The minimum absolute atomic E-state index is 0.0238. The largest absolute Gasteiger partial charge is 0.466 e. The Morgan fingerprint density at radius 3 is 1.65 bits per heavy atom. The molecular weight excluding hydrogens is 598 g/mol. The molecule has 6 nitrogen and oxygen atoms in total. The Balaban J connectivity index is 3.95. The highest BCUT2D eigenvalue weighted by Gasteiger charge is 2.20. The van der Waals surface area contributed by atoms with Gasteiger partial charge in [0.15, 0.2) is 0 Å². The predicted octanol–water partition coefficient (Wildman–Crippen LogP) is 11.6. The fraction of sp³-hybridized carbons (Fsp3) is 0.952. The molecule has 6 heteroatoms. The molecule has 0 aliphatic rings. The molecule has 0 aromatic rings. The van der Waals surface area contributed by atoms with Gasteiger partial charge in [-0.2, -0.15) is 0 Å². The highest BCUT2D eigenvalue weighted by molar-refractivity contribution is 5.69. The van der Waals surface area contributed by atoms with Crippen molar-refractivity contribution in [1.29, 1.82) is 0 Å². The van der Waals surface area contributed by atoms with Crippen LogP contribution in [0.25, 0.3) is 0 Å². The average molecular weight is 682 g/mol. The van der Waals surface area contributed by atoms with Crippen LogP contribution in [0.5, 0.6) is 0 Å². The lowest BCUT2D eigenvalue weighted by Crippen LogP contribution is -2.27. The van der Waals surface area contributed by atoms with Gasteiger partial charge >= 0.3 is 11.9 Å². The van der Waals surface area contributed by atoms with E-state index in [0.29, 0.717) is 26.1 Å². The lowest BCUT2D eigenvalue weighted by Gasteiger charge is -2.25. The fourth-order valence-corrected chi connectivity index (χ4v) is 6.52. The number of esters is 2. The number of carbonyl (C=O) groups is 2. The van der Waals surface area contributed by atoms with Gasteiger partial charge in [0.1, 0.15) is 0 Å². The van der Waals surface area contributed by atoms with E-state index in [1.54, 1.807) is 0 Å². The highest BCUT2D eigenvalue weighted by atomic mass is 16.5. The summed E-state index contributed by atoms with van der Waals surface area (Å²) in [6.07, 6.45) is 30.4. The zero-order valence-electron chi connectivity index (χ0n) is 32.9. The lowest BCUT2D eigenvalue weighted by atomic mass is 9.88. The van der Waals surface area contributed by atoms with Crippen LogP contribution in [0.2, 0.25) is 0 Å². The molecule has 0 aliphatic carbocycles. The van der Waals surface area contributed by atoms with Crippen LogP contribution in [-0.2, 0) is 19.1 Å². The lowest BCUT2D eigenvalue weighted by molar-refractivity contribution is -0.147. The molecule has 1 N–H and O–H groups in total. The minimum atomic E-state index is -0.0295. The van der Waals surface area contributed by atoms with E-state index in [4.69, 9.17) is 9.47 Å². The van der Waals surface area contributed by atoms with Crippen molar-refractivity contribution < 1.29 is 24.2 Å². The predicted molar refractivity (Wildman–Crippen MR) is 204 cm³/mol. The molecule has 0 saturated heterocycles.